The molecule has 9 heteroatoms. The lowest BCUT2D eigenvalue weighted by Crippen LogP contribution is -2.52. The van der Waals surface area contributed by atoms with Gasteiger partial charge in [-0.3, -0.25) is 9.59 Å². The largest absolute Gasteiger partial charge is 0.341 e. The highest BCUT2D eigenvalue weighted by atomic mass is 32.2. The van der Waals surface area contributed by atoms with E-state index in [1.54, 1.807) is 29.6 Å². The summed E-state index contributed by atoms with van der Waals surface area (Å²) >= 11 is 1.23. The third-order valence-electron chi connectivity index (χ3n) is 6.68. The second-order valence-electron chi connectivity index (χ2n) is 8.55. The normalized spacial score (nSPS) is 25.1. The Morgan fingerprint density at radius 3 is 2.57 bits per heavy atom. The fraction of sp³-hybridized carbons (Fsp3) is 0.524. The number of thiophene rings is 1. The summed E-state index contributed by atoms with van der Waals surface area (Å²) in [5.41, 5.74) is 1.08. The molecule has 0 radical (unpaired) electrons. The number of sulfonamides is 1. The number of nitrogens with zero attached hydrogens (tertiary/aromatic N) is 3. The van der Waals surface area contributed by atoms with E-state index < -0.39 is 10.0 Å². The second-order valence-corrected chi connectivity index (χ2v) is 11.7. The van der Waals surface area contributed by atoms with Crippen LogP contribution in [-0.4, -0.2) is 54.3 Å². The zero-order valence-electron chi connectivity index (χ0n) is 16.6. The summed E-state index contributed by atoms with van der Waals surface area (Å²) in [5, 5.41) is 1.77. The van der Waals surface area contributed by atoms with Gasteiger partial charge in [-0.05, 0) is 42.7 Å². The van der Waals surface area contributed by atoms with E-state index >= 15 is 0 Å². The summed E-state index contributed by atoms with van der Waals surface area (Å²) in [5.74, 6) is 0.524. The summed E-state index contributed by atoms with van der Waals surface area (Å²) in [4.78, 5) is 27.4. The predicted octanol–water partition coefficient (Wildman–Crippen LogP) is 1.96. The van der Waals surface area contributed by atoms with Crippen molar-refractivity contribution in [2.24, 2.45) is 11.8 Å². The van der Waals surface area contributed by atoms with Crippen molar-refractivity contribution in [1.29, 1.82) is 0 Å². The van der Waals surface area contributed by atoms with Crippen LogP contribution in [0.2, 0.25) is 0 Å². The van der Waals surface area contributed by atoms with Crippen molar-refractivity contribution in [1.82, 2.24) is 13.8 Å². The molecule has 2 aromatic heterocycles. The fourth-order valence-corrected chi connectivity index (χ4v) is 7.83. The van der Waals surface area contributed by atoms with Crippen molar-refractivity contribution in [3.05, 3.63) is 51.8 Å². The smallest absolute Gasteiger partial charge is 0.252 e. The van der Waals surface area contributed by atoms with Crippen LogP contribution in [0.1, 0.15) is 30.9 Å². The Morgan fingerprint density at radius 2 is 1.83 bits per heavy atom. The average molecular weight is 448 g/mol. The molecule has 2 fully saturated rings. The molecule has 2 aromatic rings. The molecule has 3 aliphatic heterocycles. The molecule has 2 saturated heterocycles. The van der Waals surface area contributed by atoms with Crippen molar-refractivity contribution < 1.29 is 13.2 Å². The molecule has 0 unspecified atom stereocenters. The van der Waals surface area contributed by atoms with Gasteiger partial charge >= 0.3 is 0 Å². The van der Waals surface area contributed by atoms with Gasteiger partial charge in [0.25, 0.3) is 15.6 Å². The fourth-order valence-electron chi connectivity index (χ4n) is 5.22. The molecule has 5 heterocycles. The van der Waals surface area contributed by atoms with Crippen molar-refractivity contribution in [2.45, 2.75) is 35.9 Å². The lowest BCUT2D eigenvalue weighted by Gasteiger charge is -2.44. The molecule has 7 nitrogen and oxygen atoms in total. The molecule has 0 N–H and O–H groups in total. The minimum Gasteiger partial charge on any atom is -0.341 e. The Bertz CT molecular complexity index is 1100. The molecular formula is C21H25N3O4S2. The Kier molecular flexibility index (Phi) is 5.07. The summed E-state index contributed by atoms with van der Waals surface area (Å²) in [6.07, 6.45) is 2.14. The molecule has 0 aliphatic carbocycles. The first-order valence-electron chi connectivity index (χ1n) is 10.5. The van der Waals surface area contributed by atoms with Gasteiger partial charge < -0.3 is 9.47 Å². The molecule has 0 spiro atoms. The van der Waals surface area contributed by atoms with Gasteiger partial charge in [-0.2, -0.15) is 4.31 Å². The molecule has 0 aromatic carbocycles. The maximum Gasteiger partial charge on any atom is 0.252 e. The third kappa shape index (κ3) is 3.42. The van der Waals surface area contributed by atoms with Crippen LogP contribution in [0.15, 0.2) is 44.7 Å². The number of amides is 1. The van der Waals surface area contributed by atoms with Crippen molar-refractivity contribution in [2.75, 3.05) is 26.2 Å². The monoisotopic (exact) mass is 447 g/mol. The highest BCUT2D eigenvalue weighted by Crippen LogP contribution is 2.36. The zero-order valence-corrected chi connectivity index (χ0v) is 18.3. The van der Waals surface area contributed by atoms with Crippen molar-refractivity contribution in [3.63, 3.8) is 0 Å². The standard InChI is InChI=1S/C21H25N3O4S2/c25-19-4-1-3-18-17-11-15(13-24(18)19)12-22(14-17)21(26)16-6-8-23(9-7-16)30(27,28)20-5-2-10-29-20/h1-5,10,15-17H,6-9,11-14H2/t15-,17+/m1/s1. The van der Waals surface area contributed by atoms with Crippen LogP contribution in [0.5, 0.6) is 0 Å². The number of carbonyl (C=O) groups excluding carboxylic acids is 1. The molecule has 5 rings (SSSR count). The van der Waals surface area contributed by atoms with Crippen LogP contribution >= 0.6 is 11.3 Å². The highest BCUT2D eigenvalue weighted by Gasteiger charge is 2.39. The first-order valence-corrected chi connectivity index (χ1v) is 12.8. The number of rotatable bonds is 3. The maximum atomic E-state index is 13.2. The Hall–Kier alpha value is -1.97. The van der Waals surface area contributed by atoms with Gasteiger partial charge in [0.2, 0.25) is 5.91 Å². The maximum absolute atomic E-state index is 13.2. The molecule has 2 atom stereocenters. The van der Waals surface area contributed by atoms with E-state index in [1.807, 2.05) is 15.5 Å². The van der Waals surface area contributed by atoms with E-state index in [9.17, 15) is 18.0 Å². The number of carbonyl (C=O) groups is 1. The molecule has 0 saturated carbocycles. The first kappa shape index (κ1) is 20.0. The van der Waals surface area contributed by atoms with Gasteiger partial charge in [0.15, 0.2) is 0 Å². The minimum absolute atomic E-state index is 0.0429. The van der Waals surface area contributed by atoms with Crippen LogP contribution in [0.3, 0.4) is 0 Å². The van der Waals surface area contributed by atoms with Gasteiger partial charge in [0.05, 0.1) is 0 Å². The van der Waals surface area contributed by atoms with Gasteiger partial charge in [-0.15, -0.1) is 11.3 Å². The first-order chi connectivity index (χ1) is 14.4. The van der Waals surface area contributed by atoms with Crippen LogP contribution in [0.4, 0.5) is 0 Å². The molecule has 2 bridgehead atoms. The van der Waals surface area contributed by atoms with Crippen molar-refractivity contribution >= 4 is 27.3 Å². The molecule has 160 valence electrons. The second kappa shape index (κ2) is 7.62. The zero-order chi connectivity index (χ0) is 20.9. The topological polar surface area (TPSA) is 79.7 Å². The van der Waals surface area contributed by atoms with Crippen LogP contribution in [0.25, 0.3) is 0 Å². The summed E-state index contributed by atoms with van der Waals surface area (Å²) in [7, 11) is -3.45. The predicted molar refractivity (Wildman–Crippen MR) is 114 cm³/mol. The van der Waals surface area contributed by atoms with E-state index in [4.69, 9.17) is 0 Å². The number of likely N-dealkylation sites (tertiary alicyclic amines) is 1. The molecular weight excluding hydrogens is 422 g/mol. The Labute approximate surface area is 180 Å². The number of hydrogen-bond acceptors (Lipinski definition) is 5. The average Bonchev–Trinajstić information content (AvgIpc) is 3.30. The lowest BCUT2D eigenvalue weighted by atomic mass is 9.82. The van der Waals surface area contributed by atoms with E-state index in [2.05, 4.69) is 0 Å². The van der Waals surface area contributed by atoms with Gasteiger partial charge in [-0.25, -0.2) is 8.42 Å². The van der Waals surface area contributed by atoms with E-state index in [-0.39, 0.29) is 23.3 Å². The van der Waals surface area contributed by atoms with Crippen LogP contribution < -0.4 is 5.56 Å². The van der Waals surface area contributed by atoms with Gasteiger partial charge in [-0.1, -0.05) is 12.1 Å². The number of piperidine rings is 2. The summed E-state index contributed by atoms with van der Waals surface area (Å²) in [6.45, 7) is 2.77. The number of pyridine rings is 1. The SMILES string of the molecule is O=C(C1CCN(S(=O)(=O)c2cccs2)CC1)N1C[C@H]2C[C@@H](C1)c1cccc(=O)n1C2. The summed E-state index contributed by atoms with van der Waals surface area (Å²) in [6, 6.07) is 8.79. The minimum atomic E-state index is -3.45. The van der Waals surface area contributed by atoms with Gasteiger partial charge in [0, 0.05) is 56.3 Å². The Morgan fingerprint density at radius 1 is 1.03 bits per heavy atom. The third-order valence-corrected chi connectivity index (χ3v) is 9.96. The molecule has 3 aliphatic rings. The number of fused-ring (bicyclic) bond motifs is 4. The number of hydrogen-bond donors (Lipinski definition) is 0. The Balaban J connectivity index is 1.26. The lowest BCUT2D eigenvalue weighted by molar-refractivity contribution is -0.139. The van der Waals surface area contributed by atoms with Crippen molar-refractivity contribution in [3.8, 4) is 0 Å². The van der Waals surface area contributed by atoms with Crippen LogP contribution in [-0.2, 0) is 21.4 Å². The van der Waals surface area contributed by atoms with Crippen LogP contribution in [0, 0.1) is 11.8 Å². The summed E-state index contributed by atoms with van der Waals surface area (Å²) < 4.78 is 29.2. The van der Waals surface area contributed by atoms with Gasteiger partial charge in [0.1, 0.15) is 4.21 Å². The molecule has 1 amide bonds. The number of aromatic nitrogens is 1. The quantitative estimate of drug-likeness (QED) is 0.721. The molecule has 30 heavy (non-hydrogen) atoms. The van der Waals surface area contributed by atoms with E-state index in [0.717, 1.165) is 12.1 Å². The van der Waals surface area contributed by atoms with E-state index in [0.29, 0.717) is 55.7 Å². The highest BCUT2D eigenvalue weighted by molar-refractivity contribution is 7.91. The van der Waals surface area contributed by atoms with E-state index in [1.165, 1.54) is 15.6 Å².